The summed E-state index contributed by atoms with van der Waals surface area (Å²) in [5.41, 5.74) is 1.81. The van der Waals surface area contributed by atoms with Gasteiger partial charge in [-0.2, -0.15) is 0 Å². The van der Waals surface area contributed by atoms with Gasteiger partial charge in [-0.3, -0.25) is 4.79 Å². The first-order valence-electron chi connectivity index (χ1n) is 9.52. The number of halogens is 1. The maximum atomic E-state index is 13.1. The van der Waals surface area contributed by atoms with E-state index in [9.17, 15) is 9.59 Å². The molecular formula is C22H27BrN2O4. The number of hydrogen-bond donors (Lipinski definition) is 0. The Morgan fingerprint density at radius 2 is 1.83 bits per heavy atom. The van der Waals surface area contributed by atoms with Crippen molar-refractivity contribution in [2.24, 2.45) is 0 Å². The Morgan fingerprint density at radius 3 is 2.45 bits per heavy atom. The van der Waals surface area contributed by atoms with E-state index in [-0.39, 0.29) is 12.0 Å². The third-order valence-electron chi connectivity index (χ3n) is 4.39. The zero-order valence-electron chi connectivity index (χ0n) is 17.1. The topological polar surface area (TPSA) is 59.1 Å². The first-order chi connectivity index (χ1) is 14.0. The van der Waals surface area contributed by atoms with Gasteiger partial charge in [0, 0.05) is 24.5 Å². The van der Waals surface area contributed by atoms with Gasteiger partial charge in [0.15, 0.2) is 0 Å². The minimum absolute atomic E-state index is 0.0167. The highest BCUT2D eigenvalue weighted by Gasteiger charge is 2.19. The number of rotatable bonds is 9. The number of anilines is 1. The molecule has 0 bridgehead atoms. The highest BCUT2D eigenvalue weighted by atomic mass is 79.9. The van der Waals surface area contributed by atoms with Crippen LogP contribution in [0.4, 0.5) is 10.5 Å². The average Bonchev–Trinajstić information content (AvgIpc) is 2.73. The Kier molecular flexibility index (Phi) is 8.99. The van der Waals surface area contributed by atoms with Gasteiger partial charge in [0.2, 0.25) is 5.91 Å². The second-order valence-corrected chi connectivity index (χ2v) is 7.36. The van der Waals surface area contributed by atoms with Crippen LogP contribution in [0.5, 0.6) is 5.75 Å². The lowest BCUT2D eigenvalue weighted by Crippen LogP contribution is -2.32. The third kappa shape index (κ3) is 6.78. The van der Waals surface area contributed by atoms with E-state index in [0.717, 1.165) is 15.7 Å². The molecule has 29 heavy (non-hydrogen) atoms. The van der Waals surface area contributed by atoms with Crippen LogP contribution in [0.15, 0.2) is 53.0 Å². The van der Waals surface area contributed by atoms with E-state index in [4.69, 9.17) is 9.47 Å². The predicted molar refractivity (Wildman–Crippen MR) is 117 cm³/mol. The molecule has 0 heterocycles. The fraction of sp³-hybridized carbons (Fsp3) is 0.364. The largest absolute Gasteiger partial charge is 0.497 e. The van der Waals surface area contributed by atoms with Crippen molar-refractivity contribution in [1.29, 1.82) is 0 Å². The number of hydrogen-bond acceptors (Lipinski definition) is 4. The van der Waals surface area contributed by atoms with Crippen LogP contribution in [0.2, 0.25) is 0 Å². The SMILES string of the molecule is CCOC(=O)N(C)CCCC(=O)N(Cc1ccccc1)c1ccc(OC)cc1Br. The van der Waals surface area contributed by atoms with Crippen molar-refractivity contribution in [1.82, 2.24) is 4.90 Å². The molecule has 0 aliphatic heterocycles. The lowest BCUT2D eigenvalue weighted by molar-refractivity contribution is -0.118. The van der Waals surface area contributed by atoms with Gasteiger partial charge in [-0.15, -0.1) is 0 Å². The van der Waals surface area contributed by atoms with Crippen LogP contribution in [0.3, 0.4) is 0 Å². The van der Waals surface area contributed by atoms with Crippen LogP contribution >= 0.6 is 15.9 Å². The number of benzene rings is 2. The number of carbonyl (C=O) groups excluding carboxylic acids is 2. The summed E-state index contributed by atoms with van der Waals surface area (Å²) >= 11 is 3.55. The Labute approximate surface area is 180 Å². The van der Waals surface area contributed by atoms with Gasteiger partial charge in [0.1, 0.15) is 5.75 Å². The summed E-state index contributed by atoms with van der Waals surface area (Å²) < 4.78 is 11.0. The van der Waals surface area contributed by atoms with Crippen LogP contribution < -0.4 is 9.64 Å². The molecule has 0 saturated heterocycles. The molecule has 0 fully saturated rings. The zero-order chi connectivity index (χ0) is 21.2. The van der Waals surface area contributed by atoms with Gasteiger partial charge >= 0.3 is 6.09 Å². The third-order valence-corrected chi connectivity index (χ3v) is 5.03. The number of methoxy groups -OCH3 is 1. The minimum Gasteiger partial charge on any atom is -0.497 e. The number of ether oxygens (including phenoxy) is 2. The van der Waals surface area contributed by atoms with Gasteiger partial charge in [0.25, 0.3) is 0 Å². The first kappa shape index (κ1) is 22.7. The molecule has 0 aliphatic rings. The van der Waals surface area contributed by atoms with Gasteiger partial charge in [0.05, 0.1) is 25.9 Å². The van der Waals surface area contributed by atoms with Crippen LogP contribution in [-0.2, 0) is 16.1 Å². The summed E-state index contributed by atoms with van der Waals surface area (Å²) in [6.07, 6.45) is 0.487. The van der Waals surface area contributed by atoms with Crippen molar-refractivity contribution in [3.63, 3.8) is 0 Å². The molecule has 2 aromatic carbocycles. The Morgan fingerprint density at radius 1 is 1.10 bits per heavy atom. The molecule has 2 amide bonds. The highest BCUT2D eigenvalue weighted by molar-refractivity contribution is 9.10. The molecule has 0 saturated carbocycles. The molecule has 2 aromatic rings. The van der Waals surface area contributed by atoms with Gasteiger partial charge in [-0.1, -0.05) is 30.3 Å². The maximum absolute atomic E-state index is 13.1. The number of carbonyl (C=O) groups is 2. The molecule has 0 aliphatic carbocycles. The second-order valence-electron chi connectivity index (χ2n) is 6.51. The number of nitrogens with zero attached hydrogens (tertiary/aromatic N) is 2. The van der Waals surface area contributed by atoms with Crippen LogP contribution in [0.25, 0.3) is 0 Å². The van der Waals surface area contributed by atoms with Crippen molar-refractivity contribution in [2.45, 2.75) is 26.3 Å². The van der Waals surface area contributed by atoms with E-state index < -0.39 is 0 Å². The van der Waals surface area contributed by atoms with Crippen molar-refractivity contribution in [3.05, 3.63) is 58.6 Å². The van der Waals surface area contributed by atoms with Crippen molar-refractivity contribution >= 4 is 33.6 Å². The highest BCUT2D eigenvalue weighted by Crippen LogP contribution is 2.32. The summed E-state index contributed by atoms with van der Waals surface area (Å²) in [4.78, 5) is 28.0. The number of amides is 2. The summed E-state index contributed by atoms with van der Waals surface area (Å²) in [7, 11) is 3.28. The zero-order valence-corrected chi connectivity index (χ0v) is 18.6. The molecule has 6 nitrogen and oxygen atoms in total. The monoisotopic (exact) mass is 462 g/mol. The van der Waals surface area contributed by atoms with Gasteiger partial charge in [-0.25, -0.2) is 4.79 Å². The summed E-state index contributed by atoms with van der Waals surface area (Å²) in [5, 5.41) is 0. The quantitative estimate of drug-likeness (QED) is 0.533. The van der Waals surface area contributed by atoms with E-state index in [0.29, 0.717) is 38.3 Å². The first-order valence-corrected chi connectivity index (χ1v) is 10.3. The van der Waals surface area contributed by atoms with Crippen LogP contribution in [-0.4, -0.2) is 44.2 Å². The van der Waals surface area contributed by atoms with Gasteiger partial charge < -0.3 is 19.3 Å². The molecule has 0 radical (unpaired) electrons. The summed E-state index contributed by atoms with van der Waals surface area (Å²) in [6.45, 7) is 3.01. The minimum atomic E-state index is -0.376. The van der Waals surface area contributed by atoms with E-state index >= 15 is 0 Å². The van der Waals surface area contributed by atoms with E-state index in [1.165, 1.54) is 4.90 Å². The fourth-order valence-corrected chi connectivity index (χ4v) is 3.41. The lowest BCUT2D eigenvalue weighted by Gasteiger charge is -2.25. The van der Waals surface area contributed by atoms with Crippen LogP contribution in [0.1, 0.15) is 25.3 Å². The molecular weight excluding hydrogens is 436 g/mol. The van der Waals surface area contributed by atoms with Gasteiger partial charge in [-0.05, 0) is 53.0 Å². The summed E-state index contributed by atoms with van der Waals surface area (Å²) in [5.74, 6) is 0.695. The Bertz CT molecular complexity index is 814. The second kappa shape index (κ2) is 11.5. The molecule has 0 aromatic heterocycles. The Balaban J connectivity index is 2.12. The molecule has 7 heteroatoms. The van der Waals surface area contributed by atoms with E-state index in [1.54, 1.807) is 26.0 Å². The fourth-order valence-electron chi connectivity index (χ4n) is 2.83. The predicted octanol–water partition coefficient (Wildman–Crippen LogP) is 4.86. The molecule has 156 valence electrons. The molecule has 2 rings (SSSR count). The summed E-state index contributed by atoms with van der Waals surface area (Å²) in [6, 6.07) is 15.4. The maximum Gasteiger partial charge on any atom is 0.409 e. The van der Waals surface area contributed by atoms with Crippen molar-refractivity contribution in [3.8, 4) is 5.75 Å². The van der Waals surface area contributed by atoms with Crippen molar-refractivity contribution < 1.29 is 19.1 Å². The normalized spacial score (nSPS) is 10.3. The smallest absolute Gasteiger partial charge is 0.409 e. The molecule has 0 atom stereocenters. The lowest BCUT2D eigenvalue weighted by atomic mass is 10.1. The molecule has 0 N–H and O–H groups in total. The van der Waals surface area contributed by atoms with E-state index in [2.05, 4.69) is 15.9 Å². The Hall–Kier alpha value is -2.54. The average molecular weight is 463 g/mol. The standard InChI is InChI=1S/C22H27BrN2O4/c1-4-29-22(27)24(2)14-8-11-21(26)25(16-17-9-6-5-7-10-17)20-13-12-18(28-3)15-19(20)23/h5-7,9-10,12-13,15H,4,8,11,14,16H2,1-3H3. The van der Waals surface area contributed by atoms with Crippen LogP contribution in [0, 0.1) is 0 Å². The van der Waals surface area contributed by atoms with Crippen molar-refractivity contribution in [2.75, 3.05) is 32.2 Å². The molecule has 0 unspecified atom stereocenters. The molecule has 0 spiro atoms. The van der Waals surface area contributed by atoms with E-state index in [1.807, 2.05) is 48.5 Å².